The lowest BCUT2D eigenvalue weighted by Gasteiger charge is -2.34. The van der Waals surface area contributed by atoms with Crippen LogP contribution in [-0.4, -0.2) is 63.7 Å². The molecular weight excluding hydrogens is 416 g/mol. The summed E-state index contributed by atoms with van der Waals surface area (Å²) < 4.78 is 1.36. The van der Waals surface area contributed by atoms with E-state index in [-0.39, 0.29) is 11.5 Å². The lowest BCUT2D eigenvalue weighted by Crippen LogP contribution is -2.43. The van der Waals surface area contributed by atoms with E-state index in [1.54, 1.807) is 42.7 Å². The lowest BCUT2D eigenvalue weighted by molar-refractivity contribution is 0.0641. The van der Waals surface area contributed by atoms with Crippen LogP contribution >= 0.6 is 0 Å². The smallest absolute Gasteiger partial charge is 0.280 e. The number of nitrogens with zero attached hydrogens (tertiary/aromatic N) is 5. The number of aromatic nitrogens is 3. The topological polar surface area (TPSA) is 98.0 Å². The molecule has 2 aliphatic rings. The predicted octanol–water partition coefficient (Wildman–Crippen LogP) is 2.43. The maximum atomic E-state index is 13.0. The molecule has 1 aromatic carbocycles. The molecule has 1 amide bonds. The Kier molecular flexibility index (Phi) is 5.35. The molecule has 2 saturated heterocycles. The molecule has 168 valence electrons. The lowest BCUT2D eigenvalue weighted by atomic mass is 9.88. The van der Waals surface area contributed by atoms with E-state index in [9.17, 15) is 9.59 Å². The Morgan fingerprint density at radius 2 is 1.97 bits per heavy atom. The number of hydrogen-bond acceptors (Lipinski definition) is 5. The average Bonchev–Trinajstić information content (AvgIpc) is 3.39. The van der Waals surface area contributed by atoms with E-state index < -0.39 is 0 Å². The number of carbonyl (C=O) groups is 1. The van der Waals surface area contributed by atoms with Crippen LogP contribution in [0, 0.1) is 30.1 Å². The highest BCUT2D eigenvalue weighted by Gasteiger charge is 2.37. The number of likely N-dealkylation sites (tertiary alicyclic amines) is 2. The first kappa shape index (κ1) is 21.2. The van der Waals surface area contributed by atoms with Gasteiger partial charge in [-0.15, -0.1) is 0 Å². The number of hydrogen-bond donors (Lipinski definition) is 1. The van der Waals surface area contributed by atoms with Crippen molar-refractivity contribution in [3.63, 3.8) is 0 Å². The summed E-state index contributed by atoms with van der Waals surface area (Å²) in [6.07, 6.45) is 4.23. The van der Waals surface area contributed by atoms with Crippen LogP contribution in [0.4, 0.5) is 0 Å². The number of carbonyl (C=O) groups excluding carboxylic acids is 1. The molecule has 0 radical (unpaired) electrons. The second-order valence-electron chi connectivity index (χ2n) is 9.16. The Bertz CT molecular complexity index is 1300. The highest BCUT2D eigenvalue weighted by atomic mass is 16.2. The van der Waals surface area contributed by atoms with Gasteiger partial charge in [0.25, 0.3) is 11.5 Å². The van der Waals surface area contributed by atoms with E-state index in [0.29, 0.717) is 34.3 Å². The van der Waals surface area contributed by atoms with Gasteiger partial charge in [-0.3, -0.25) is 14.7 Å². The van der Waals surface area contributed by atoms with Crippen LogP contribution < -0.4 is 5.56 Å². The Labute approximate surface area is 192 Å². The molecule has 4 heterocycles. The molecule has 2 atom stereocenters. The van der Waals surface area contributed by atoms with Gasteiger partial charge in [0.15, 0.2) is 5.82 Å². The van der Waals surface area contributed by atoms with E-state index in [1.807, 2.05) is 11.8 Å². The van der Waals surface area contributed by atoms with Gasteiger partial charge in [0.1, 0.15) is 0 Å². The summed E-state index contributed by atoms with van der Waals surface area (Å²) in [5, 5.41) is 12.0. The monoisotopic (exact) mass is 442 g/mol. The number of nitrogens with one attached hydrogen (secondary N) is 1. The molecule has 0 bridgehead atoms. The predicted molar refractivity (Wildman–Crippen MR) is 124 cm³/mol. The van der Waals surface area contributed by atoms with Gasteiger partial charge >= 0.3 is 0 Å². The zero-order chi connectivity index (χ0) is 23.1. The number of H-pyrrole nitrogens is 1. The van der Waals surface area contributed by atoms with Crippen LogP contribution in [0.25, 0.3) is 16.9 Å². The summed E-state index contributed by atoms with van der Waals surface area (Å²) >= 11 is 0. The van der Waals surface area contributed by atoms with E-state index in [0.717, 1.165) is 43.7 Å². The Morgan fingerprint density at radius 1 is 1.15 bits per heavy atom. The normalized spacial score (nSPS) is 20.5. The molecule has 0 unspecified atom stereocenters. The number of fused-ring (bicyclic) bond motifs is 1. The zero-order valence-corrected chi connectivity index (χ0v) is 18.8. The number of aryl methyl sites for hydroxylation is 1. The summed E-state index contributed by atoms with van der Waals surface area (Å²) in [4.78, 5) is 34.7. The summed E-state index contributed by atoms with van der Waals surface area (Å²) in [7, 11) is 2.14. The highest BCUT2D eigenvalue weighted by Crippen LogP contribution is 2.31. The van der Waals surface area contributed by atoms with Gasteiger partial charge in [-0.2, -0.15) is 5.26 Å². The first-order valence-electron chi connectivity index (χ1n) is 11.2. The van der Waals surface area contributed by atoms with Crippen LogP contribution in [0.1, 0.15) is 27.9 Å². The molecule has 1 N–H and O–H groups in total. The molecule has 8 nitrogen and oxygen atoms in total. The Balaban J connectivity index is 1.35. The third-order valence-electron chi connectivity index (χ3n) is 6.91. The minimum absolute atomic E-state index is 0.00483. The van der Waals surface area contributed by atoms with Crippen LogP contribution in [0.15, 0.2) is 47.5 Å². The number of pyridine rings is 1. The Hall–Kier alpha value is -3.70. The average molecular weight is 443 g/mol. The van der Waals surface area contributed by atoms with Gasteiger partial charge in [0, 0.05) is 38.6 Å². The molecule has 3 aromatic rings. The van der Waals surface area contributed by atoms with Gasteiger partial charge in [0.05, 0.1) is 22.8 Å². The summed E-state index contributed by atoms with van der Waals surface area (Å²) in [5.41, 5.74) is 2.97. The van der Waals surface area contributed by atoms with Crippen LogP contribution in [-0.2, 0) is 0 Å². The summed E-state index contributed by atoms with van der Waals surface area (Å²) in [6, 6.07) is 10.8. The maximum Gasteiger partial charge on any atom is 0.280 e. The van der Waals surface area contributed by atoms with E-state index in [1.165, 1.54) is 4.68 Å². The van der Waals surface area contributed by atoms with Crippen molar-refractivity contribution in [3.05, 3.63) is 69.8 Å². The number of rotatable bonds is 3. The van der Waals surface area contributed by atoms with Crippen molar-refractivity contribution in [2.75, 3.05) is 33.2 Å². The van der Waals surface area contributed by atoms with E-state index >= 15 is 0 Å². The first-order chi connectivity index (χ1) is 15.9. The highest BCUT2D eigenvalue weighted by molar-refractivity contribution is 5.94. The molecule has 0 saturated carbocycles. The van der Waals surface area contributed by atoms with Crippen LogP contribution in [0.5, 0.6) is 0 Å². The van der Waals surface area contributed by atoms with Crippen molar-refractivity contribution in [2.45, 2.75) is 13.3 Å². The van der Waals surface area contributed by atoms with E-state index in [4.69, 9.17) is 5.26 Å². The molecule has 8 heteroatoms. The van der Waals surface area contributed by atoms with Gasteiger partial charge < -0.3 is 9.80 Å². The number of benzene rings is 1. The minimum atomic E-state index is -0.234. The molecule has 5 rings (SSSR count). The van der Waals surface area contributed by atoms with Crippen molar-refractivity contribution < 1.29 is 4.79 Å². The molecule has 0 aliphatic carbocycles. The molecule has 2 aromatic heterocycles. The summed E-state index contributed by atoms with van der Waals surface area (Å²) in [5.74, 6) is 1.65. The second kappa shape index (κ2) is 8.34. The quantitative estimate of drug-likeness (QED) is 0.672. The maximum absolute atomic E-state index is 13.0. The third kappa shape index (κ3) is 3.85. The number of piperidine rings is 1. The third-order valence-corrected chi connectivity index (χ3v) is 6.91. The van der Waals surface area contributed by atoms with Gasteiger partial charge in [0.2, 0.25) is 0 Å². The van der Waals surface area contributed by atoms with Gasteiger partial charge in [-0.05, 0) is 67.6 Å². The molecule has 33 heavy (non-hydrogen) atoms. The molecule has 2 aliphatic heterocycles. The molecule has 0 spiro atoms. The first-order valence-corrected chi connectivity index (χ1v) is 11.2. The van der Waals surface area contributed by atoms with Gasteiger partial charge in [-0.1, -0.05) is 6.07 Å². The van der Waals surface area contributed by atoms with E-state index in [2.05, 4.69) is 28.1 Å². The zero-order valence-electron chi connectivity index (χ0n) is 18.8. The molecule has 2 fully saturated rings. The largest absolute Gasteiger partial charge is 0.338 e. The van der Waals surface area contributed by atoms with Crippen molar-refractivity contribution in [2.24, 2.45) is 11.8 Å². The number of nitriles is 1. The van der Waals surface area contributed by atoms with Crippen LogP contribution in [0.2, 0.25) is 0 Å². The SMILES string of the molecule is Cc1cc(C#N)ccc1-c1c[nH]n(-c2ccc(C(=O)N3CC[C@@H]4CN(C)C[C@H]4C3)cn2)c1=O. The summed E-state index contributed by atoms with van der Waals surface area (Å²) in [6.45, 7) is 5.61. The minimum Gasteiger partial charge on any atom is -0.338 e. The van der Waals surface area contributed by atoms with Crippen LogP contribution in [0.3, 0.4) is 0 Å². The fourth-order valence-corrected chi connectivity index (χ4v) is 5.18. The van der Waals surface area contributed by atoms with Crippen molar-refractivity contribution in [1.29, 1.82) is 5.26 Å². The fraction of sp³-hybridized carbons (Fsp3) is 0.360. The number of aromatic amines is 1. The number of amides is 1. The Morgan fingerprint density at radius 3 is 2.70 bits per heavy atom. The second-order valence-corrected chi connectivity index (χ2v) is 9.16. The molecular formula is C25H26N6O2. The van der Waals surface area contributed by atoms with Crippen molar-refractivity contribution in [1.82, 2.24) is 24.6 Å². The standard InChI is InChI=1S/C25H26N6O2/c1-16-9-17(10-26)3-5-21(16)22-12-28-31(25(22)33)23-6-4-18(11-27-23)24(32)30-8-7-19-13-29(2)14-20(19)15-30/h3-6,9,11-12,19-20,28H,7-8,13-15H2,1-2H3/t19-,20+/m1/s1. The van der Waals surface area contributed by atoms with Crippen molar-refractivity contribution >= 4 is 5.91 Å². The fourth-order valence-electron chi connectivity index (χ4n) is 5.18. The van der Waals surface area contributed by atoms with Gasteiger partial charge in [-0.25, -0.2) is 9.67 Å². The van der Waals surface area contributed by atoms with Crippen molar-refractivity contribution in [3.8, 4) is 23.0 Å².